The molecule has 0 aliphatic carbocycles. The Morgan fingerprint density at radius 3 is 2.21 bits per heavy atom. The molecule has 0 saturated carbocycles. The Morgan fingerprint density at radius 1 is 1.05 bits per heavy atom. The van der Waals surface area contributed by atoms with E-state index in [1.54, 1.807) is 12.1 Å². The van der Waals surface area contributed by atoms with Gasteiger partial charge in [-0.05, 0) is 37.6 Å². The molecular formula is C16H19FN2. The van der Waals surface area contributed by atoms with E-state index in [9.17, 15) is 4.39 Å². The van der Waals surface area contributed by atoms with Crippen molar-refractivity contribution in [3.63, 3.8) is 0 Å². The molecule has 2 aromatic rings. The van der Waals surface area contributed by atoms with Crippen LogP contribution in [0.1, 0.15) is 12.5 Å². The van der Waals surface area contributed by atoms with Crippen LogP contribution in [0.5, 0.6) is 0 Å². The van der Waals surface area contributed by atoms with Crippen LogP contribution in [0, 0.1) is 12.7 Å². The lowest BCUT2D eigenvalue weighted by Crippen LogP contribution is -2.33. The Hall–Kier alpha value is -1.87. The number of halogens is 1. The monoisotopic (exact) mass is 258 g/mol. The van der Waals surface area contributed by atoms with E-state index in [0.717, 1.165) is 11.3 Å². The number of aryl methyl sites for hydroxylation is 1. The molecule has 19 heavy (non-hydrogen) atoms. The smallest absolute Gasteiger partial charge is 0.146 e. The number of hydrogen-bond donors (Lipinski definition) is 1. The van der Waals surface area contributed by atoms with Gasteiger partial charge in [-0.1, -0.05) is 30.3 Å². The fourth-order valence-electron chi connectivity index (χ4n) is 2.15. The molecule has 1 atom stereocenters. The van der Waals surface area contributed by atoms with E-state index >= 15 is 0 Å². The molecule has 0 radical (unpaired) electrons. The lowest BCUT2D eigenvalue weighted by atomic mass is 10.1. The van der Waals surface area contributed by atoms with Crippen LogP contribution in [0.4, 0.5) is 15.8 Å². The van der Waals surface area contributed by atoms with E-state index in [-0.39, 0.29) is 11.9 Å². The summed E-state index contributed by atoms with van der Waals surface area (Å²) in [7, 11) is 0. The normalized spacial score (nSPS) is 12.2. The summed E-state index contributed by atoms with van der Waals surface area (Å²) >= 11 is 0. The van der Waals surface area contributed by atoms with E-state index in [2.05, 4.69) is 0 Å². The fraction of sp³-hybridized carbons (Fsp3) is 0.250. The van der Waals surface area contributed by atoms with Gasteiger partial charge in [0.1, 0.15) is 5.82 Å². The molecule has 0 aromatic heterocycles. The number of anilines is 2. The standard InChI is InChI=1S/C16H19FN2/c1-12-7-3-5-9-15(12)19(11-13(2)18)16-10-6-4-8-14(16)17/h3-10,13H,11,18H2,1-2H3. The first-order valence-corrected chi connectivity index (χ1v) is 6.43. The van der Waals surface area contributed by atoms with Crippen molar-refractivity contribution in [1.29, 1.82) is 0 Å². The summed E-state index contributed by atoms with van der Waals surface area (Å²) in [5, 5.41) is 0. The van der Waals surface area contributed by atoms with Crippen LogP contribution < -0.4 is 10.6 Å². The van der Waals surface area contributed by atoms with Gasteiger partial charge in [0.15, 0.2) is 0 Å². The van der Waals surface area contributed by atoms with E-state index in [1.165, 1.54) is 6.07 Å². The maximum Gasteiger partial charge on any atom is 0.146 e. The van der Waals surface area contributed by atoms with Gasteiger partial charge in [-0.2, -0.15) is 0 Å². The molecule has 0 spiro atoms. The molecular weight excluding hydrogens is 239 g/mol. The van der Waals surface area contributed by atoms with Gasteiger partial charge >= 0.3 is 0 Å². The maximum atomic E-state index is 14.0. The van der Waals surface area contributed by atoms with Gasteiger partial charge < -0.3 is 10.6 Å². The minimum atomic E-state index is -0.230. The predicted octanol–water partition coefficient (Wildman–Crippen LogP) is 3.62. The average molecular weight is 258 g/mol. The third-order valence-electron chi connectivity index (χ3n) is 3.02. The highest BCUT2D eigenvalue weighted by Crippen LogP contribution is 2.30. The largest absolute Gasteiger partial charge is 0.337 e. The van der Waals surface area contributed by atoms with Crippen molar-refractivity contribution in [2.24, 2.45) is 5.73 Å². The SMILES string of the molecule is Cc1ccccc1N(CC(C)N)c1ccccc1F. The van der Waals surface area contributed by atoms with Gasteiger partial charge in [-0.3, -0.25) is 0 Å². The van der Waals surface area contributed by atoms with E-state index < -0.39 is 0 Å². The summed E-state index contributed by atoms with van der Waals surface area (Å²) in [6, 6.07) is 14.7. The van der Waals surface area contributed by atoms with Crippen LogP contribution in [-0.2, 0) is 0 Å². The zero-order chi connectivity index (χ0) is 13.8. The minimum Gasteiger partial charge on any atom is -0.337 e. The number of nitrogens with two attached hydrogens (primary N) is 1. The molecule has 0 aliphatic rings. The zero-order valence-corrected chi connectivity index (χ0v) is 11.3. The van der Waals surface area contributed by atoms with Gasteiger partial charge in [0.05, 0.1) is 5.69 Å². The summed E-state index contributed by atoms with van der Waals surface area (Å²) in [6.07, 6.45) is 0. The second-order valence-electron chi connectivity index (χ2n) is 4.83. The van der Waals surface area contributed by atoms with Crippen LogP contribution in [0.3, 0.4) is 0 Å². The lowest BCUT2D eigenvalue weighted by Gasteiger charge is -2.28. The van der Waals surface area contributed by atoms with Gasteiger partial charge in [-0.25, -0.2) is 4.39 Å². The van der Waals surface area contributed by atoms with Crippen LogP contribution in [0.15, 0.2) is 48.5 Å². The maximum absolute atomic E-state index is 14.0. The predicted molar refractivity (Wildman–Crippen MR) is 78.2 cm³/mol. The minimum absolute atomic E-state index is 0.0424. The van der Waals surface area contributed by atoms with Gasteiger partial charge in [0.2, 0.25) is 0 Å². The highest BCUT2D eigenvalue weighted by molar-refractivity contribution is 5.66. The highest BCUT2D eigenvalue weighted by Gasteiger charge is 2.16. The highest BCUT2D eigenvalue weighted by atomic mass is 19.1. The molecule has 0 fully saturated rings. The quantitative estimate of drug-likeness (QED) is 0.907. The third-order valence-corrected chi connectivity index (χ3v) is 3.02. The van der Waals surface area contributed by atoms with Crippen molar-refractivity contribution in [2.75, 3.05) is 11.4 Å². The first kappa shape index (κ1) is 13.6. The van der Waals surface area contributed by atoms with Gasteiger partial charge in [0, 0.05) is 18.3 Å². The third kappa shape index (κ3) is 3.12. The van der Waals surface area contributed by atoms with Crippen molar-refractivity contribution < 1.29 is 4.39 Å². The topological polar surface area (TPSA) is 29.3 Å². The molecule has 2 aromatic carbocycles. The fourth-order valence-corrected chi connectivity index (χ4v) is 2.15. The van der Waals surface area contributed by atoms with Crippen molar-refractivity contribution in [3.8, 4) is 0 Å². The number of hydrogen-bond acceptors (Lipinski definition) is 2. The molecule has 2 N–H and O–H groups in total. The van der Waals surface area contributed by atoms with Gasteiger partial charge in [-0.15, -0.1) is 0 Å². The molecule has 100 valence electrons. The Kier molecular flexibility index (Phi) is 4.17. The molecule has 2 nitrogen and oxygen atoms in total. The summed E-state index contributed by atoms with van der Waals surface area (Å²) in [4.78, 5) is 1.94. The molecule has 2 rings (SSSR count). The van der Waals surface area contributed by atoms with Crippen molar-refractivity contribution in [2.45, 2.75) is 19.9 Å². The summed E-state index contributed by atoms with van der Waals surface area (Å²) < 4.78 is 14.0. The molecule has 3 heteroatoms. The Balaban J connectivity index is 2.48. The van der Waals surface area contributed by atoms with Crippen molar-refractivity contribution in [1.82, 2.24) is 0 Å². The molecule has 0 heterocycles. The summed E-state index contributed by atoms with van der Waals surface area (Å²) in [5.41, 5.74) is 8.56. The molecule has 0 bridgehead atoms. The molecule has 0 saturated heterocycles. The van der Waals surface area contributed by atoms with E-state index in [0.29, 0.717) is 12.2 Å². The molecule has 0 aliphatic heterocycles. The number of para-hydroxylation sites is 2. The first-order chi connectivity index (χ1) is 9.09. The van der Waals surface area contributed by atoms with Crippen molar-refractivity contribution >= 4 is 11.4 Å². The Bertz CT molecular complexity index is 506. The number of benzene rings is 2. The first-order valence-electron chi connectivity index (χ1n) is 6.43. The summed E-state index contributed by atoms with van der Waals surface area (Å²) in [6.45, 7) is 4.52. The molecule has 1 unspecified atom stereocenters. The number of nitrogens with zero attached hydrogens (tertiary/aromatic N) is 1. The number of rotatable bonds is 4. The van der Waals surface area contributed by atoms with Crippen LogP contribution in [0.2, 0.25) is 0 Å². The van der Waals surface area contributed by atoms with Crippen LogP contribution in [0.25, 0.3) is 0 Å². The second kappa shape index (κ2) is 5.85. The van der Waals surface area contributed by atoms with E-state index in [4.69, 9.17) is 5.73 Å². The Morgan fingerprint density at radius 2 is 1.63 bits per heavy atom. The van der Waals surface area contributed by atoms with Crippen LogP contribution in [-0.4, -0.2) is 12.6 Å². The average Bonchev–Trinajstić information content (AvgIpc) is 2.37. The summed E-state index contributed by atoms with van der Waals surface area (Å²) in [5.74, 6) is -0.230. The van der Waals surface area contributed by atoms with Gasteiger partial charge in [0.25, 0.3) is 0 Å². The zero-order valence-electron chi connectivity index (χ0n) is 11.3. The van der Waals surface area contributed by atoms with Crippen LogP contribution >= 0.6 is 0 Å². The Labute approximate surface area is 113 Å². The molecule has 0 amide bonds. The van der Waals surface area contributed by atoms with Crippen molar-refractivity contribution in [3.05, 3.63) is 59.9 Å². The lowest BCUT2D eigenvalue weighted by molar-refractivity contribution is 0.620. The van der Waals surface area contributed by atoms with E-state index in [1.807, 2.05) is 49.1 Å². The second-order valence-corrected chi connectivity index (χ2v) is 4.83.